The number of carbonyl (C=O) groups is 2. The molecule has 0 aliphatic heterocycles. The summed E-state index contributed by atoms with van der Waals surface area (Å²) in [7, 11) is 0. The van der Waals surface area contributed by atoms with E-state index < -0.39 is 6.04 Å². The van der Waals surface area contributed by atoms with E-state index in [4.69, 9.17) is 11.6 Å². The molecule has 0 bridgehead atoms. The molecule has 5 heteroatoms. The highest BCUT2D eigenvalue weighted by molar-refractivity contribution is 6.31. The first kappa shape index (κ1) is 21.0. The molecule has 0 saturated carbocycles. The van der Waals surface area contributed by atoms with Crippen LogP contribution in [0.15, 0.2) is 48.5 Å². The van der Waals surface area contributed by atoms with Crippen LogP contribution in [0.25, 0.3) is 0 Å². The molecule has 0 spiro atoms. The second kappa shape index (κ2) is 10.1. The van der Waals surface area contributed by atoms with Crippen molar-refractivity contribution in [2.24, 2.45) is 0 Å². The highest BCUT2D eigenvalue weighted by atomic mass is 35.5. The van der Waals surface area contributed by atoms with E-state index in [9.17, 15) is 9.59 Å². The molecule has 27 heavy (non-hydrogen) atoms. The quantitative estimate of drug-likeness (QED) is 0.741. The summed E-state index contributed by atoms with van der Waals surface area (Å²) < 4.78 is 0. The smallest absolute Gasteiger partial charge is 0.242 e. The summed E-state index contributed by atoms with van der Waals surface area (Å²) in [5.74, 6) is -0.219. The molecule has 4 nitrogen and oxygen atoms in total. The van der Waals surface area contributed by atoms with Crippen LogP contribution in [0.2, 0.25) is 5.02 Å². The van der Waals surface area contributed by atoms with Crippen LogP contribution in [-0.2, 0) is 22.6 Å². The molecular formula is C22H27ClN2O2. The van der Waals surface area contributed by atoms with Gasteiger partial charge in [0.05, 0.1) is 6.42 Å². The lowest BCUT2D eigenvalue weighted by Crippen LogP contribution is -2.49. The van der Waals surface area contributed by atoms with Crippen LogP contribution in [0.5, 0.6) is 0 Å². The van der Waals surface area contributed by atoms with Gasteiger partial charge in [-0.25, -0.2) is 0 Å². The summed E-state index contributed by atoms with van der Waals surface area (Å²) in [5.41, 5.74) is 2.88. The Morgan fingerprint density at radius 1 is 1.11 bits per heavy atom. The number of hydrogen-bond donors (Lipinski definition) is 1. The zero-order valence-electron chi connectivity index (χ0n) is 16.2. The van der Waals surface area contributed by atoms with E-state index in [1.54, 1.807) is 11.0 Å². The Kier molecular flexibility index (Phi) is 7.86. The van der Waals surface area contributed by atoms with Gasteiger partial charge in [0.1, 0.15) is 6.04 Å². The van der Waals surface area contributed by atoms with Crippen LogP contribution in [0.3, 0.4) is 0 Å². The van der Waals surface area contributed by atoms with Crippen molar-refractivity contribution in [3.8, 4) is 0 Å². The Balaban J connectivity index is 2.31. The van der Waals surface area contributed by atoms with Gasteiger partial charge in [-0.2, -0.15) is 0 Å². The van der Waals surface area contributed by atoms with Crippen LogP contribution >= 0.6 is 11.6 Å². The van der Waals surface area contributed by atoms with Gasteiger partial charge < -0.3 is 10.2 Å². The molecule has 0 aromatic heterocycles. The summed E-state index contributed by atoms with van der Waals surface area (Å²) in [4.78, 5) is 27.4. The molecule has 1 unspecified atom stereocenters. The molecule has 1 atom stereocenters. The molecule has 2 amide bonds. The van der Waals surface area contributed by atoms with Crippen molar-refractivity contribution in [2.45, 2.75) is 46.2 Å². The van der Waals surface area contributed by atoms with Crippen molar-refractivity contribution in [1.82, 2.24) is 10.2 Å². The summed E-state index contributed by atoms with van der Waals surface area (Å²) in [6.07, 6.45) is 0.790. The third kappa shape index (κ3) is 5.83. The largest absolute Gasteiger partial charge is 0.355 e. The number of hydrogen-bond acceptors (Lipinski definition) is 2. The lowest BCUT2D eigenvalue weighted by atomic mass is 10.1. The Morgan fingerprint density at radius 2 is 1.85 bits per heavy atom. The van der Waals surface area contributed by atoms with E-state index in [1.165, 1.54) is 0 Å². The average molecular weight is 387 g/mol. The zero-order valence-corrected chi connectivity index (χ0v) is 16.9. The molecule has 0 fully saturated rings. The number of halogens is 1. The number of rotatable bonds is 8. The van der Waals surface area contributed by atoms with Crippen molar-refractivity contribution in [2.75, 3.05) is 6.54 Å². The minimum Gasteiger partial charge on any atom is -0.355 e. The van der Waals surface area contributed by atoms with Crippen molar-refractivity contribution < 1.29 is 9.59 Å². The highest BCUT2D eigenvalue weighted by Crippen LogP contribution is 2.20. The molecule has 144 valence electrons. The Bertz CT molecular complexity index is 791. The Morgan fingerprint density at radius 3 is 2.48 bits per heavy atom. The topological polar surface area (TPSA) is 49.4 Å². The summed E-state index contributed by atoms with van der Waals surface area (Å²) in [5, 5.41) is 3.43. The Hall–Kier alpha value is -2.33. The predicted octanol–water partition coefficient (Wildman–Crippen LogP) is 4.13. The number of nitrogens with zero attached hydrogens (tertiary/aromatic N) is 1. The van der Waals surface area contributed by atoms with E-state index in [0.29, 0.717) is 24.5 Å². The van der Waals surface area contributed by atoms with Crippen molar-refractivity contribution >= 4 is 23.4 Å². The molecule has 2 rings (SSSR count). The van der Waals surface area contributed by atoms with Gasteiger partial charge in [0.25, 0.3) is 0 Å². The first-order chi connectivity index (χ1) is 13.0. The monoisotopic (exact) mass is 386 g/mol. The van der Waals surface area contributed by atoms with Gasteiger partial charge in [0, 0.05) is 18.1 Å². The van der Waals surface area contributed by atoms with Gasteiger partial charge in [0.15, 0.2) is 0 Å². The third-order valence-electron chi connectivity index (χ3n) is 4.47. The summed E-state index contributed by atoms with van der Waals surface area (Å²) in [6.45, 7) is 6.62. The molecule has 0 saturated heterocycles. The lowest BCUT2D eigenvalue weighted by Gasteiger charge is -2.31. The van der Waals surface area contributed by atoms with Crippen molar-refractivity contribution in [3.63, 3.8) is 0 Å². The zero-order chi connectivity index (χ0) is 19.8. The molecule has 0 aliphatic rings. The van der Waals surface area contributed by atoms with E-state index in [2.05, 4.69) is 5.32 Å². The molecule has 1 N–H and O–H groups in total. The van der Waals surface area contributed by atoms with Gasteiger partial charge in [0.2, 0.25) is 11.8 Å². The van der Waals surface area contributed by atoms with E-state index in [1.807, 2.05) is 63.2 Å². The fourth-order valence-corrected chi connectivity index (χ4v) is 3.32. The fraction of sp³-hybridized carbons (Fsp3) is 0.364. The summed E-state index contributed by atoms with van der Waals surface area (Å²) >= 11 is 6.30. The van der Waals surface area contributed by atoms with Crippen LogP contribution in [0.4, 0.5) is 0 Å². The number of aryl methyl sites for hydroxylation is 1. The lowest BCUT2D eigenvalue weighted by molar-refractivity contribution is -0.140. The van der Waals surface area contributed by atoms with Gasteiger partial charge in [-0.15, -0.1) is 0 Å². The maximum Gasteiger partial charge on any atom is 0.242 e. The normalized spacial score (nSPS) is 11.7. The number of likely N-dealkylation sites (N-methyl/N-ethyl adjacent to an activating group) is 1. The minimum absolute atomic E-state index is 0.0846. The van der Waals surface area contributed by atoms with Crippen LogP contribution in [-0.4, -0.2) is 29.3 Å². The van der Waals surface area contributed by atoms with Gasteiger partial charge >= 0.3 is 0 Å². The number of nitrogens with one attached hydrogen (secondary N) is 1. The van der Waals surface area contributed by atoms with Crippen LogP contribution in [0, 0.1) is 6.92 Å². The van der Waals surface area contributed by atoms with E-state index in [-0.39, 0.29) is 18.2 Å². The predicted molar refractivity (Wildman–Crippen MR) is 110 cm³/mol. The molecule has 0 heterocycles. The first-order valence-corrected chi connectivity index (χ1v) is 9.70. The molecule has 2 aromatic carbocycles. The highest BCUT2D eigenvalue weighted by Gasteiger charge is 2.28. The second-order valence-corrected chi connectivity index (χ2v) is 7.00. The standard InChI is InChI=1S/C22H27ClN2O2/c1-4-20(22(27)24-5-2)25(15-18-11-6-7-12-19(18)23)21(26)14-17-10-8-9-16(3)13-17/h6-13,20H,4-5,14-15H2,1-3H3,(H,24,27). The van der Waals surface area contributed by atoms with Gasteiger partial charge in [-0.1, -0.05) is 66.6 Å². The van der Waals surface area contributed by atoms with Crippen molar-refractivity contribution in [3.05, 3.63) is 70.2 Å². The molecule has 0 radical (unpaired) electrons. The number of amides is 2. The van der Waals surface area contributed by atoms with E-state index in [0.717, 1.165) is 16.7 Å². The average Bonchev–Trinajstić information content (AvgIpc) is 2.63. The van der Waals surface area contributed by atoms with Gasteiger partial charge in [-0.05, 0) is 37.5 Å². The third-order valence-corrected chi connectivity index (χ3v) is 4.84. The van der Waals surface area contributed by atoms with Crippen LogP contribution < -0.4 is 5.32 Å². The summed E-state index contributed by atoms with van der Waals surface area (Å²) in [6, 6.07) is 14.8. The maximum atomic E-state index is 13.2. The second-order valence-electron chi connectivity index (χ2n) is 6.60. The Labute approximate surface area is 166 Å². The minimum atomic E-state index is -0.529. The van der Waals surface area contributed by atoms with Crippen LogP contribution in [0.1, 0.15) is 37.0 Å². The SMILES string of the molecule is CCNC(=O)C(CC)N(Cc1ccccc1Cl)C(=O)Cc1cccc(C)c1. The number of carbonyl (C=O) groups excluding carboxylic acids is 2. The van der Waals surface area contributed by atoms with E-state index >= 15 is 0 Å². The fourth-order valence-electron chi connectivity index (χ4n) is 3.12. The number of benzene rings is 2. The first-order valence-electron chi connectivity index (χ1n) is 9.32. The molecule has 2 aromatic rings. The molecule has 0 aliphatic carbocycles. The maximum absolute atomic E-state index is 13.2. The van der Waals surface area contributed by atoms with Crippen molar-refractivity contribution in [1.29, 1.82) is 0 Å². The van der Waals surface area contributed by atoms with Gasteiger partial charge in [-0.3, -0.25) is 9.59 Å². The molecular weight excluding hydrogens is 360 g/mol.